The molecule has 2 aromatic rings. The molecule has 3 N–H and O–H groups in total. The second kappa shape index (κ2) is 8.07. The van der Waals surface area contributed by atoms with E-state index in [-0.39, 0.29) is 23.0 Å². The lowest BCUT2D eigenvalue weighted by Gasteiger charge is -2.17. The average molecular weight is 371 g/mol. The van der Waals surface area contributed by atoms with Gasteiger partial charge in [0.2, 0.25) is 5.91 Å². The van der Waals surface area contributed by atoms with E-state index < -0.39 is 5.82 Å². The largest absolute Gasteiger partial charge is 0.493 e. The molecule has 0 radical (unpaired) electrons. The molecule has 1 aliphatic rings. The Morgan fingerprint density at radius 2 is 1.85 bits per heavy atom. The molecule has 7 heteroatoms. The Kier molecular flexibility index (Phi) is 5.59. The minimum absolute atomic E-state index is 0.0234. The molecule has 1 saturated carbocycles. The Hall–Kier alpha value is -3.09. The first-order chi connectivity index (χ1) is 13.0. The van der Waals surface area contributed by atoms with Gasteiger partial charge in [-0.1, -0.05) is 18.2 Å². The molecule has 1 fully saturated rings. The summed E-state index contributed by atoms with van der Waals surface area (Å²) < 4.78 is 19.4. The molecule has 1 aliphatic carbocycles. The predicted molar refractivity (Wildman–Crippen MR) is 101 cm³/mol. The van der Waals surface area contributed by atoms with E-state index in [9.17, 15) is 14.0 Å². The Balaban J connectivity index is 1.49. The maximum absolute atomic E-state index is 13.6. The van der Waals surface area contributed by atoms with Crippen LogP contribution in [0.15, 0.2) is 48.5 Å². The van der Waals surface area contributed by atoms with Crippen molar-refractivity contribution < 1.29 is 18.7 Å². The fourth-order valence-electron chi connectivity index (χ4n) is 2.63. The Labute approximate surface area is 157 Å². The van der Waals surface area contributed by atoms with Crippen molar-refractivity contribution in [3.63, 3.8) is 0 Å². The number of anilines is 2. The summed E-state index contributed by atoms with van der Waals surface area (Å²) in [5.74, 6) is -0.138. The lowest BCUT2D eigenvalue weighted by atomic mass is 10.1. The summed E-state index contributed by atoms with van der Waals surface area (Å²) in [6.07, 6.45) is 1.98. The van der Waals surface area contributed by atoms with Gasteiger partial charge in [-0.3, -0.25) is 4.79 Å². The molecule has 0 heterocycles. The Bertz CT molecular complexity index is 822. The highest BCUT2D eigenvalue weighted by Gasteiger charge is 2.43. The van der Waals surface area contributed by atoms with Gasteiger partial charge < -0.3 is 20.7 Å². The number of urea groups is 1. The normalized spacial score (nSPS) is 14.1. The molecule has 3 amide bonds. The number of halogens is 1. The molecule has 0 aromatic heterocycles. The minimum Gasteiger partial charge on any atom is -0.493 e. The molecule has 0 spiro atoms. The van der Waals surface area contributed by atoms with Gasteiger partial charge in [-0.2, -0.15) is 0 Å². The number of ether oxygens (including phenoxy) is 1. The lowest BCUT2D eigenvalue weighted by molar-refractivity contribution is -0.114. The van der Waals surface area contributed by atoms with Gasteiger partial charge in [0, 0.05) is 24.6 Å². The molecule has 142 valence electrons. The van der Waals surface area contributed by atoms with Gasteiger partial charge in [-0.25, -0.2) is 9.18 Å². The van der Waals surface area contributed by atoms with Crippen LogP contribution in [0.2, 0.25) is 0 Å². The third-order valence-electron chi connectivity index (χ3n) is 4.40. The lowest BCUT2D eigenvalue weighted by Crippen LogP contribution is -2.36. The number of carbonyl (C=O) groups excluding carboxylic acids is 2. The minimum atomic E-state index is -0.564. The molecular formula is C20H22FN3O3. The molecule has 2 aromatic carbocycles. The number of hydrogen-bond donors (Lipinski definition) is 3. The van der Waals surface area contributed by atoms with Crippen LogP contribution in [-0.4, -0.2) is 25.1 Å². The number of rotatable bonds is 7. The third kappa shape index (κ3) is 5.44. The number of benzene rings is 2. The quantitative estimate of drug-likeness (QED) is 0.693. The summed E-state index contributed by atoms with van der Waals surface area (Å²) in [6, 6.07) is 13.2. The number of amides is 3. The zero-order valence-corrected chi connectivity index (χ0v) is 15.0. The first-order valence-corrected chi connectivity index (χ1v) is 8.76. The van der Waals surface area contributed by atoms with E-state index >= 15 is 0 Å². The maximum atomic E-state index is 13.6. The molecule has 0 saturated heterocycles. The van der Waals surface area contributed by atoms with Crippen molar-refractivity contribution in [1.82, 2.24) is 5.32 Å². The highest BCUT2D eigenvalue weighted by atomic mass is 19.1. The van der Waals surface area contributed by atoms with Crippen LogP contribution in [0.3, 0.4) is 0 Å². The monoisotopic (exact) mass is 371 g/mol. The van der Waals surface area contributed by atoms with Crippen molar-refractivity contribution in [2.45, 2.75) is 19.8 Å². The SMILES string of the molecule is CC(=O)Nc1cc(NC(=O)NCC2(COc3ccccc3)CC2)ccc1F. The Morgan fingerprint density at radius 3 is 2.52 bits per heavy atom. The number of carbonyl (C=O) groups is 2. The van der Waals surface area contributed by atoms with Crippen LogP contribution in [0.25, 0.3) is 0 Å². The fraction of sp³-hybridized carbons (Fsp3) is 0.300. The van der Waals surface area contributed by atoms with Crippen molar-refractivity contribution in [3.05, 3.63) is 54.3 Å². The first-order valence-electron chi connectivity index (χ1n) is 8.76. The summed E-state index contributed by atoms with van der Waals surface area (Å²) in [4.78, 5) is 23.2. The van der Waals surface area contributed by atoms with Crippen molar-refractivity contribution in [3.8, 4) is 5.75 Å². The highest BCUT2D eigenvalue weighted by molar-refractivity contribution is 5.92. The summed E-state index contributed by atoms with van der Waals surface area (Å²) in [5, 5.41) is 7.87. The van der Waals surface area contributed by atoms with Gasteiger partial charge in [0.05, 0.1) is 12.3 Å². The summed E-state index contributed by atoms with van der Waals surface area (Å²) in [6.45, 7) is 2.32. The molecule has 27 heavy (non-hydrogen) atoms. The van der Waals surface area contributed by atoms with Crippen molar-refractivity contribution >= 4 is 23.3 Å². The first kappa shape index (κ1) is 18.7. The van der Waals surface area contributed by atoms with Gasteiger partial charge in [0.25, 0.3) is 0 Å². The van der Waals surface area contributed by atoms with Crippen LogP contribution in [0.1, 0.15) is 19.8 Å². The fourth-order valence-corrected chi connectivity index (χ4v) is 2.63. The summed E-state index contributed by atoms with van der Waals surface area (Å²) in [5.41, 5.74) is 0.371. The highest BCUT2D eigenvalue weighted by Crippen LogP contribution is 2.45. The van der Waals surface area contributed by atoms with Gasteiger partial charge in [0.15, 0.2) is 0 Å². The smallest absolute Gasteiger partial charge is 0.319 e. The number of hydrogen-bond acceptors (Lipinski definition) is 3. The van der Waals surface area contributed by atoms with Crippen LogP contribution < -0.4 is 20.7 Å². The molecule has 0 bridgehead atoms. The molecular weight excluding hydrogens is 349 g/mol. The second-order valence-corrected chi connectivity index (χ2v) is 6.79. The second-order valence-electron chi connectivity index (χ2n) is 6.79. The van der Waals surface area contributed by atoms with E-state index in [1.165, 1.54) is 25.1 Å². The third-order valence-corrected chi connectivity index (χ3v) is 4.40. The standard InChI is InChI=1S/C20H22FN3O3/c1-14(25)23-18-11-15(7-8-17(18)21)24-19(26)22-12-20(9-10-20)13-27-16-5-3-2-4-6-16/h2-8,11H,9-10,12-13H2,1H3,(H,23,25)(H2,22,24,26). The van der Waals surface area contributed by atoms with Crippen LogP contribution >= 0.6 is 0 Å². The van der Waals surface area contributed by atoms with Crippen molar-refractivity contribution in [2.24, 2.45) is 5.41 Å². The van der Waals surface area contributed by atoms with E-state index in [0.717, 1.165) is 18.6 Å². The van der Waals surface area contributed by atoms with Gasteiger partial charge in [-0.15, -0.1) is 0 Å². The van der Waals surface area contributed by atoms with Crippen LogP contribution in [0, 0.1) is 11.2 Å². The van der Waals surface area contributed by atoms with Gasteiger partial charge in [0.1, 0.15) is 11.6 Å². The van der Waals surface area contributed by atoms with E-state index in [4.69, 9.17) is 4.74 Å². The van der Waals surface area contributed by atoms with Gasteiger partial charge in [-0.05, 0) is 43.2 Å². The van der Waals surface area contributed by atoms with E-state index in [0.29, 0.717) is 18.8 Å². The van der Waals surface area contributed by atoms with E-state index in [1.807, 2.05) is 30.3 Å². The van der Waals surface area contributed by atoms with Crippen LogP contribution in [-0.2, 0) is 4.79 Å². The Morgan fingerprint density at radius 1 is 1.11 bits per heavy atom. The summed E-state index contributed by atoms with van der Waals surface area (Å²) in [7, 11) is 0. The summed E-state index contributed by atoms with van der Waals surface area (Å²) >= 11 is 0. The van der Waals surface area contributed by atoms with Gasteiger partial charge >= 0.3 is 6.03 Å². The average Bonchev–Trinajstić information content (AvgIpc) is 3.42. The molecule has 3 rings (SSSR count). The molecule has 0 aliphatic heterocycles. The predicted octanol–water partition coefficient (Wildman–Crippen LogP) is 3.76. The van der Waals surface area contributed by atoms with E-state index in [2.05, 4.69) is 16.0 Å². The van der Waals surface area contributed by atoms with Crippen molar-refractivity contribution in [1.29, 1.82) is 0 Å². The molecule has 0 unspecified atom stereocenters. The zero-order valence-electron chi connectivity index (χ0n) is 15.0. The molecule has 6 nitrogen and oxygen atoms in total. The number of para-hydroxylation sites is 1. The maximum Gasteiger partial charge on any atom is 0.319 e. The number of nitrogens with one attached hydrogen (secondary N) is 3. The van der Waals surface area contributed by atoms with Crippen LogP contribution in [0.5, 0.6) is 5.75 Å². The topological polar surface area (TPSA) is 79.5 Å². The van der Waals surface area contributed by atoms with E-state index in [1.54, 1.807) is 0 Å². The van der Waals surface area contributed by atoms with Crippen molar-refractivity contribution in [2.75, 3.05) is 23.8 Å². The van der Waals surface area contributed by atoms with Crippen LogP contribution in [0.4, 0.5) is 20.6 Å². The molecule has 0 atom stereocenters. The zero-order chi connectivity index (χ0) is 19.3.